The van der Waals surface area contributed by atoms with Crippen LogP contribution in [0.1, 0.15) is 53.9 Å². The van der Waals surface area contributed by atoms with Crippen molar-refractivity contribution in [3.05, 3.63) is 23.3 Å². The van der Waals surface area contributed by atoms with Gasteiger partial charge in [0.15, 0.2) is 5.78 Å². The molecule has 0 N–H and O–H groups in total. The van der Waals surface area contributed by atoms with Gasteiger partial charge < -0.3 is 0 Å². The standard InChI is InChI=1S/C15H24O/c1-6-13(16)10-12(3)14-11(2)8-7-9-15(14,4)5/h8,10,14H,6-7,9H2,1-5H3. The average Bonchev–Trinajstić information content (AvgIpc) is 2.15. The average molecular weight is 220 g/mol. The van der Waals surface area contributed by atoms with Gasteiger partial charge in [-0.2, -0.15) is 0 Å². The minimum absolute atomic E-state index is 0.242. The number of hydrogen-bond acceptors (Lipinski definition) is 1. The van der Waals surface area contributed by atoms with Gasteiger partial charge in [-0.1, -0.05) is 38.0 Å². The van der Waals surface area contributed by atoms with E-state index in [0.717, 1.165) is 0 Å². The van der Waals surface area contributed by atoms with E-state index in [1.165, 1.54) is 24.0 Å². The summed E-state index contributed by atoms with van der Waals surface area (Å²) in [6.07, 6.45) is 7.15. The van der Waals surface area contributed by atoms with Gasteiger partial charge in [-0.15, -0.1) is 0 Å². The van der Waals surface area contributed by atoms with Crippen molar-refractivity contribution in [2.75, 3.05) is 0 Å². The largest absolute Gasteiger partial charge is 0.295 e. The van der Waals surface area contributed by atoms with Crippen LogP contribution < -0.4 is 0 Å². The summed E-state index contributed by atoms with van der Waals surface area (Å²) in [6.45, 7) is 10.8. The highest BCUT2D eigenvalue weighted by Crippen LogP contribution is 2.44. The SMILES string of the molecule is CCC(=O)C=C(C)C1C(C)=CCCC1(C)C. The van der Waals surface area contributed by atoms with Gasteiger partial charge in [-0.25, -0.2) is 0 Å². The van der Waals surface area contributed by atoms with Gasteiger partial charge in [-0.05, 0) is 38.2 Å². The van der Waals surface area contributed by atoms with E-state index < -0.39 is 0 Å². The molecule has 0 spiro atoms. The van der Waals surface area contributed by atoms with Crippen molar-refractivity contribution in [2.45, 2.75) is 53.9 Å². The van der Waals surface area contributed by atoms with E-state index in [1.807, 2.05) is 13.0 Å². The second-order valence-corrected chi connectivity index (χ2v) is 5.62. The molecule has 1 rings (SSSR count). The van der Waals surface area contributed by atoms with Crippen LogP contribution in [-0.4, -0.2) is 5.78 Å². The van der Waals surface area contributed by atoms with Gasteiger partial charge in [0.25, 0.3) is 0 Å². The maximum atomic E-state index is 11.5. The molecule has 1 aliphatic rings. The lowest BCUT2D eigenvalue weighted by Crippen LogP contribution is -2.29. The number of allylic oxidation sites excluding steroid dienone is 4. The molecule has 1 heteroatoms. The normalized spacial score (nSPS) is 25.2. The summed E-state index contributed by atoms with van der Waals surface area (Å²) in [7, 11) is 0. The van der Waals surface area contributed by atoms with Crippen LogP contribution in [0.15, 0.2) is 23.3 Å². The Hall–Kier alpha value is -0.850. The Morgan fingerprint density at radius 3 is 2.69 bits per heavy atom. The summed E-state index contributed by atoms with van der Waals surface area (Å²) in [4.78, 5) is 11.5. The highest BCUT2D eigenvalue weighted by Gasteiger charge is 2.33. The summed E-state index contributed by atoms with van der Waals surface area (Å²) in [5, 5.41) is 0. The first-order valence-electron chi connectivity index (χ1n) is 6.26. The van der Waals surface area contributed by atoms with Gasteiger partial charge in [0.2, 0.25) is 0 Å². The molecular weight excluding hydrogens is 196 g/mol. The summed E-state index contributed by atoms with van der Waals surface area (Å²) in [6, 6.07) is 0. The van der Waals surface area contributed by atoms with E-state index in [4.69, 9.17) is 0 Å². The van der Waals surface area contributed by atoms with Crippen molar-refractivity contribution >= 4 is 5.78 Å². The fourth-order valence-corrected chi connectivity index (χ4v) is 2.97. The van der Waals surface area contributed by atoms with Gasteiger partial charge in [0, 0.05) is 12.3 Å². The Balaban J connectivity index is 3.00. The minimum Gasteiger partial charge on any atom is -0.295 e. The lowest BCUT2D eigenvalue weighted by molar-refractivity contribution is -0.114. The third-order valence-corrected chi connectivity index (χ3v) is 3.68. The van der Waals surface area contributed by atoms with Gasteiger partial charge in [-0.3, -0.25) is 4.79 Å². The highest BCUT2D eigenvalue weighted by molar-refractivity contribution is 5.90. The minimum atomic E-state index is 0.242. The van der Waals surface area contributed by atoms with Crippen LogP contribution >= 0.6 is 0 Å². The summed E-state index contributed by atoms with van der Waals surface area (Å²) in [5.41, 5.74) is 2.94. The third-order valence-electron chi connectivity index (χ3n) is 3.68. The van der Waals surface area contributed by atoms with Crippen LogP contribution in [0.5, 0.6) is 0 Å². The van der Waals surface area contributed by atoms with Gasteiger partial charge >= 0.3 is 0 Å². The van der Waals surface area contributed by atoms with Crippen LogP contribution in [0.25, 0.3) is 0 Å². The van der Waals surface area contributed by atoms with E-state index >= 15 is 0 Å². The Kier molecular flexibility index (Phi) is 4.12. The fourth-order valence-electron chi connectivity index (χ4n) is 2.97. The second-order valence-electron chi connectivity index (χ2n) is 5.62. The molecule has 16 heavy (non-hydrogen) atoms. The molecule has 0 bridgehead atoms. The monoisotopic (exact) mass is 220 g/mol. The lowest BCUT2D eigenvalue weighted by atomic mass is 9.66. The molecule has 0 aromatic carbocycles. The molecule has 0 radical (unpaired) electrons. The number of ketones is 1. The number of carbonyl (C=O) groups is 1. The van der Waals surface area contributed by atoms with Crippen LogP contribution in [0.3, 0.4) is 0 Å². The maximum Gasteiger partial charge on any atom is 0.155 e. The first-order valence-corrected chi connectivity index (χ1v) is 6.26. The lowest BCUT2D eigenvalue weighted by Gasteiger charge is -2.39. The maximum absolute atomic E-state index is 11.5. The van der Waals surface area contributed by atoms with Crippen molar-refractivity contribution < 1.29 is 4.79 Å². The Bertz CT molecular complexity index is 331. The van der Waals surface area contributed by atoms with Crippen LogP contribution in [0.4, 0.5) is 0 Å². The first kappa shape index (κ1) is 13.2. The van der Waals surface area contributed by atoms with E-state index in [1.54, 1.807) is 0 Å². The molecule has 0 amide bonds. The molecule has 90 valence electrons. The first-order chi connectivity index (χ1) is 7.38. The molecule has 0 saturated carbocycles. The van der Waals surface area contributed by atoms with E-state index in [9.17, 15) is 4.79 Å². The van der Waals surface area contributed by atoms with Gasteiger partial charge in [0.1, 0.15) is 0 Å². The molecule has 1 atom stereocenters. The number of hydrogen-bond donors (Lipinski definition) is 0. The molecule has 0 saturated heterocycles. The zero-order valence-corrected chi connectivity index (χ0v) is 11.3. The molecule has 1 unspecified atom stereocenters. The summed E-state index contributed by atoms with van der Waals surface area (Å²) < 4.78 is 0. The van der Waals surface area contributed by atoms with Crippen molar-refractivity contribution in [1.29, 1.82) is 0 Å². The quantitative estimate of drug-likeness (QED) is 0.512. The topological polar surface area (TPSA) is 17.1 Å². The number of rotatable bonds is 3. The highest BCUT2D eigenvalue weighted by atomic mass is 16.1. The fraction of sp³-hybridized carbons (Fsp3) is 0.667. The van der Waals surface area contributed by atoms with E-state index in [2.05, 4.69) is 33.8 Å². The van der Waals surface area contributed by atoms with Crippen molar-refractivity contribution in [1.82, 2.24) is 0 Å². The third kappa shape index (κ3) is 2.84. The number of carbonyl (C=O) groups excluding carboxylic acids is 1. The molecular formula is C15H24O. The van der Waals surface area contributed by atoms with Crippen molar-refractivity contribution in [2.24, 2.45) is 11.3 Å². The molecule has 0 fully saturated rings. The zero-order valence-electron chi connectivity index (χ0n) is 11.3. The smallest absolute Gasteiger partial charge is 0.155 e. The van der Waals surface area contributed by atoms with E-state index in [-0.39, 0.29) is 11.2 Å². The molecule has 0 aromatic rings. The molecule has 0 aliphatic heterocycles. The Labute approximate surface area is 99.6 Å². The van der Waals surface area contributed by atoms with Crippen molar-refractivity contribution in [3.8, 4) is 0 Å². The molecule has 1 aliphatic carbocycles. The predicted molar refractivity (Wildman–Crippen MR) is 69.3 cm³/mol. The Morgan fingerprint density at radius 1 is 1.56 bits per heavy atom. The second kappa shape index (κ2) is 4.99. The van der Waals surface area contributed by atoms with Crippen LogP contribution in [-0.2, 0) is 4.79 Å². The van der Waals surface area contributed by atoms with Crippen LogP contribution in [0, 0.1) is 11.3 Å². The molecule has 1 nitrogen and oxygen atoms in total. The van der Waals surface area contributed by atoms with Crippen LogP contribution in [0.2, 0.25) is 0 Å². The zero-order chi connectivity index (χ0) is 12.3. The summed E-state index contributed by atoms with van der Waals surface area (Å²) in [5.74, 6) is 0.684. The molecule has 0 heterocycles. The van der Waals surface area contributed by atoms with Crippen molar-refractivity contribution in [3.63, 3.8) is 0 Å². The van der Waals surface area contributed by atoms with Gasteiger partial charge in [0.05, 0.1) is 0 Å². The Morgan fingerprint density at radius 2 is 2.19 bits per heavy atom. The summed E-state index contributed by atoms with van der Waals surface area (Å²) >= 11 is 0. The molecule has 0 aromatic heterocycles. The predicted octanol–water partition coefficient (Wildman–Crippen LogP) is 4.29. The van der Waals surface area contributed by atoms with E-state index in [0.29, 0.717) is 12.3 Å².